The molecule has 0 saturated heterocycles. The highest BCUT2D eigenvalue weighted by atomic mass is 32.1. The molecule has 0 fully saturated rings. The van der Waals surface area contributed by atoms with Crippen LogP contribution in [0.2, 0.25) is 0 Å². The zero-order valence-electron chi connectivity index (χ0n) is 15.3. The highest BCUT2D eigenvalue weighted by Gasteiger charge is 2.14. The van der Waals surface area contributed by atoms with Crippen molar-refractivity contribution >= 4 is 33.4 Å². The van der Waals surface area contributed by atoms with Gasteiger partial charge in [-0.2, -0.15) is 0 Å². The first kappa shape index (κ1) is 18.7. The molecular formula is C19H18N2O5S. The van der Waals surface area contributed by atoms with Gasteiger partial charge >= 0.3 is 0 Å². The number of ether oxygens (including phenoxy) is 3. The summed E-state index contributed by atoms with van der Waals surface area (Å²) in [6.07, 6.45) is 2.93. The van der Waals surface area contributed by atoms with Gasteiger partial charge in [0.25, 0.3) is 5.56 Å². The molecule has 0 amide bonds. The van der Waals surface area contributed by atoms with Crippen molar-refractivity contribution in [2.75, 3.05) is 21.3 Å². The minimum Gasteiger partial charge on any atom is -0.493 e. The molecule has 3 aromatic rings. The number of methoxy groups -OCH3 is 3. The Morgan fingerprint density at radius 1 is 1.11 bits per heavy atom. The predicted octanol–water partition coefficient (Wildman–Crippen LogP) is 3.21. The van der Waals surface area contributed by atoms with Gasteiger partial charge in [-0.25, -0.2) is 4.98 Å². The Morgan fingerprint density at radius 3 is 2.37 bits per heavy atom. The second kappa shape index (κ2) is 7.63. The van der Waals surface area contributed by atoms with E-state index in [4.69, 9.17) is 14.2 Å². The number of aromatic amines is 1. The lowest BCUT2D eigenvalue weighted by atomic mass is 10.1. The largest absolute Gasteiger partial charge is 0.493 e. The number of aromatic nitrogens is 2. The fraction of sp³-hybridized carbons (Fsp3) is 0.211. The van der Waals surface area contributed by atoms with Crippen molar-refractivity contribution in [3.63, 3.8) is 0 Å². The number of aryl methyl sites for hydroxylation is 1. The van der Waals surface area contributed by atoms with Gasteiger partial charge in [0.15, 0.2) is 17.3 Å². The summed E-state index contributed by atoms with van der Waals surface area (Å²) in [5.74, 6) is 1.01. The number of ketones is 1. The smallest absolute Gasteiger partial charge is 0.260 e. The monoisotopic (exact) mass is 386 g/mol. The van der Waals surface area contributed by atoms with Crippen molar-refractivity contribution in [3.8, 4) is 17.2 Å². The highest BCUT2D eigenvalue weighted by molar-refractivity contribution is 7.18. The number of allylic oxidation sites excluding steroid dienone is 1. The number of hydrogen-bond donors (Lipinski definition) is 1. The van der Waals surface area contributed by atoms with Crippen LogP contribution in [0, 0.1) is 6.92 Å². The molecular weight excluding hydrogens is 368 g/mol. The molecule has 0 aliphatic rings. The summed E-state index contributed by atoms with van der Waals surface area (Å²) in [6, 6.07) is 5.19. The van der Waals surface area contributed by atoms with Gasteiger partial charge in [-0.05, 0) is 36.8 Å². The van der Waals surface area contributed by atoms with E-state index in [0.29, 0.717) is 33.0 Å². The summed E-state index contributed by atoms with van der Waals surface area (Å²) in [5.41, 5.74) is 0.349. The number of thiophene rings is 1. The Labute approximate surface area is 159 Å². The van der Waals surface area contributed by atoms with Crippen LogP contribution in [-0.4, -0.2) is 37.1 Å². The minimum absolute atomic E-state index is 0.00181. The zero-order chi connectivity index (χ0) is 19.6. The van der Waals surface area contributed by atoms with Crippen molar-refractivity contribution in [1.82, 2.24) is 9.97 Å². The van der Waals surface area contributed by atoms with E-state index in [9.17, 15) is 9.59 Å². The number of H-pyrrole nitrogens is 1. The van der Waals surface area contributed by atoms with Crippen LogP contribution in [0.5, 0.6) is 17.2 Å². The molecule has 0 spiro atoms. The third kappa shape index (κ3) is 3.70. The number of carbonyl (C=O) groups excluding carboxylic acids is 1. The molecule has 27 heavy (non-hydrogen) atoms. The van der Waals surface area contributed by atoms with Crippen LogP contribution in [0.1, 0.15) is 21.1 Å². The number of rotatable bonds is 6. The van der Waals surface area contributed by atoms with E-state index in [2.05, 4.69) is 9.97 Å². The molecule has 0 aliphatic heterocycles. The third-order valence-electron chi connectivity index (χ3n) is 3.87. The predicted molar refractivity (Wildman–Crippen MR) is 104 cm³/mol. The van der Waals surface area contributed by atoms with Gasteiger partial charge in [-0.1, -0.05) is 6.08 Å². The molecule has 0 unspecified atom stereocenters. The van der Waals surface area contributed by atoms with Gasteiger partial charge in [0.2, 0.25) is 11.5 Å². The maximum absolute atomic E-state index is 12.5. The molecule has 0 atom stereocenters. The summed E-state index contributed by atoms with van der Waals surface area (Å²) in [6.45, 7) is 1.89. The lowest BCUT2D eigenvalue weighted by Crippen LogP contribution is -2.13. The van der Waals surface area contributed by atoms with Crippen LogP contribution in [0.4, 0.5) is 0 Å². The van der Waals surface area contributed by atoms with Gasteiger partial charge in [0.1, 0.15) is 4.83 Å². The summed E-state index contributed by atoms with van der Waals surface area (Å²) < 4.78 is 15.9. The molecule has 1 aromatic carbocycles. The number of benzene rings is 1. The lowest BCUT2D eigenvalue weighted by Gasteiger charge is -2.12. The van der Waals surface area contributed by atoms with E-state index in [-0.39, 0.29) is 11.4 Å². The van der Waals surface area contributed by atoms with E-state index in [1.807, 2.05) is 6.92 Å². The van der Waals surface area contributed by atoms with Gasteiger partial charge in [0, 0.05) is 4.88 Å². The van der Waals surface area contributed by atoms with E-state index in [1.165, 1.54) is 38.7 Å². The average Bonchev–Trinajstić information content (AvgIpc) is 3.05. The Kier molecular flexibility index (Phi) is 5.27. The molecule has 0 radical (unpaired) electrons. The molecule has 2 heterocycles. The maximum Gasteiger partial charge on any atom is 0.260 e. The second-order valence-corrected chi connectivity index (χ2v) is 6.88. The van der Waals surface area contributed by atoms with E-state index < -0.39 is 5.78 Å². The first-order valence-corrected chi connectivity index (χ1v) is 8.81. The summed E-state index contributed by atoms with van der Waals surface area (Å²) in [5, 5.41) is 0.489. The summed E-state index contributed by atoms with van der Waals surface area (Å²) >= 11 is 1.37. The average molecular weight is 386 g/mol. The Bertz CT molecular complexity index is 1070. The molecule has 0 saturated carbocycles. The van der Waals surface area contributed by atoms with E-state index in [0.717, 1.165) is 4.88 Å². The van der Waals surface area contributed by atoms with Crippen LogP contribution in [0.3, 0.4) is 0 Å². The molecule has 7 nitrogen and oxygen atoms in total. The highest BCUT2D eigenvalue weighted by Crippen LogP contribution is 2.38. The quantitative estimate of drug-likeness (QED) is 0.517. The van der Waals surface area contributed by atoms with Crippen molar-refractivity contribution in [2.45, 2.75) is 6.92 Å². The van der Waals surface area contributed by atoms with E-state index in [1.54, 1.807) is 24.3 Å². The topological polar surface area (TPSA) is 90.5 Å². The van der Waals surface area contributed by atoms with E-state index >= 15 is 0 Å². The zero-order valence-corrected chi connectivity index (χ0v) is 16.1. The molecule has 140 valence electrons. The van der Waals surface area contributed by atoms with Crippen molar-refractivity contribution in [2.24, 2.45) is 0 Å². The second-order valence-electron chi connectivity index (χ2n) is 5.65. The SMILES string of the molecule is COc1cc(/C=C/C(=O)c2nc3sc(C)cc3c(=O)[nH]2)cc(OC)c1OC. The third-order valence-corrected chi connectivity index (χ3v) is 4.82. The molecule has 1 N–H and O–H groups in total. The van der Waals surface area contributed by atoms with Crippen LogP contribution in [0.15, 0.2) is 29.1 Å². The van der Waals surface area contributed by atoms with Gasteiger partial charge in [-0.15, -0.1) is 11.3 Å². The molecule has 3 rings (SSSR count). The summed E-state index contributed by atoms with van der Waals surface area (Å²) in [7, 11) is 4.55. The Balaban J connectivity index is 1.94. The number of nitrogens with one attached hydrogen (secondary N) is 1. The Hall–Kier alpha value is -3.13. The van der Waals surface area contributed by atoms with Crippen LogP contribution < -0.4 is 19.8 Å². The first-order valence-electron chi connectivity index (χ1n) is 7.99. The number of carbonyl (C=O) groups is 1. The van der Waals surface area contributed by atoms with Crippen LogP contribution in [0.25, 0.3) is 16.3 Å². The summed E-state index contributed by atoms with van der Waals surface area (Å²) in [4.78, 5) is 32.9. The lowest BCUT2D eigenvalue weighted by molar-refractivity contribution is 0.103. The standard InChI is InChI=1S/C19H18N2O5S/c1-10-7-12-18(23)20-17(21-19(12)27-10)13(22)6-5-11-8-14(24-2)16(26-4)15(9-11)25-3/h5-9H,1-4H3,(H,20,21,23)/b6-5+. The molecule has 8 heteroatoms. The Morgan fingerprint density at radius 2 is 1.78 bits per heavy atom. The normalized spacial score (nSPS) is 11.1. The fourth-order valence-corrected chi connectivity index (χ4v) is 3.50. The van der Waals surface area contributed by atoms with Gasteiger partial charge < -0.3 is 19.2 Å². The van der Waals surface area contributed by atoms with Crippen LogP contribution in [-0.2, 0) is 0 Å². The van der Waals surface area contributed by atoms with Crippen molar-refractivity contribution < 1.29 is 19.0 Å². The molecule has 2 aromatic heterocycles. The van der Waals surface area contributed by atoms with Crippen LogP contribution >= 0.6 is 11.3 Å². The van der Waals surface area contributed by atoms with Crippen molar-refractivity contribution in [1.29, 1.82) is 0 Å². The number of fused-ring (bicyclic) bond motifs is 1. The molecule has 0 bridgehead atoms. The number of nitrogens with zero attached hydrogens (tertiary/aromatic N) is 1. The van der Waals surface area contributed by atoms with Gasteiger partial charge in [-0.3, -0.25) is 9.59 Å². The maximum atomic E-state index is 12.5. The van der Waals surface area contributed by atoms with Gasteiger partial charge in [0.05, 0.1) is 26.7 Å². The first-order chi connectivity index (χ1) is 13.0. The molecule has 0 aliphatic carbocycles. The number of hydrogen-bond acceptors (Lipinski definition) is 7. The fourth-order valence-electron chi connectivity index (χ4n) is 2.62. The van der Waals surface area contributed by atoms with Crippen molar-refractivity contribution in [3.05, 3.63) is 50.9 Å². The minimum atomic E-state index is -0.409.